The SMILES string of the molecule is CC1(C)C(CNc2nc3c(s2)CCC3C(=O)O)C1(C)C. The van der Waals surface area contributed by atoms with E-state index in [0.717, 1.165) is 28.7 Å². The van der Waals surface area contributed by atoms with Crippen molar-refractivity contribution in [1.29, 1.82) is 0 Å². The van der Waals surface area contributed by atoms with Gasteiger partial charge in [0.15, 0.2) is 5.13 Å². The van der Waals surface area contributed by atoms with Crippen molar-refractivity contribution in [2.45, 2.75) is 46.5 Å². The summed E-state index contributed by atoms with van der Waals surface area (Å²) in [6.45, 7) is 10.1. The first-order chi connectivity index (χ1) is 9.25. The fourth-order valence-electron chi connectivity index (χ4n) is 3.58. The molecule has 0 amide bonds. The minimum atomic E-state index is -0.745. The average molecular weight is 294 g/mol. The van der Waals surface area contributed by atoms with E-state index in [-0.39, 0.29) is 0 Å². The number of anilines is 1. The summed E-state index contributed by atoms with van der Waals surface area (Å²) in [6.07, 6.45) is 1.55. The van der Waals surface area contributed by atoms with Crippen LogP contribution in [0.5, 0.6) is 0 Å². The van der Waals surface area contributed by atoms with Crippen LogP contribution < -0.4 is 5.32 Å². The van der Waals surface area contributed by atoms with Gasteiger partial charge in [-0.2, -0.15) is 0 Å². The van der Waals surface area contributed by atoms with Crippen LogP contribution in [0.25, 0.3) is 0 Å². The predicted molar refractivity (Wildman–Crippen MR) is 80.4 cm³/mol. The first kappa shape index (κ1) is 13.9. The highest BCUT2D eigenvalue weighted by molar-refractivity contribution is 7.15. The number of aliphatic carboxylic acids is 1. The lowest BCUT2D eigenvalue weighted by atomic mass is 10.0. The van der Waals surface area contributed by atoms with Crippen LogP contribution in [0.2, 0.25) is 0 Å². The lowest BCUT2D eigenvalue weighted by Gasteiger charge is -2.05. The zero-order chi connectivity index (χ0) is 14.7. The fourth-order valence-corrected chi connectivity index (χ4v) is 4.62. The third kappa shape index (κ3) is 1.86. The van der Waals surface area contributed by atoms with E-state index in [0.29, 0.717) is 23.2 Å². The topological polar surface area (TPSA) is 62.2 Å². The van der Waals surface area contributed by atoms with Crippen LogP contribution in [0, 0.1) is 16.7 Å². The van der Waals surface area contributed by atoms with E-state index in [4.69, 9.17) is 0 Å². The molecular weight excluding hydrogens is 272 g/mol. The summed E-state index contributed by atoms with van der Waals surface area (Å²) in [5, 5.41) is 13.5. The Hall–Kier alpha value is -1.10. The van der Waals surface area contributed by atoms with Crippen molar-refractivity contribution in [3.8, 4) is 0 Å². The fraction of sp³-hybridized carbons (Fsp3) is 0.733. The van der Waals surface area contributed by atoms with Crippen molar-refractivity contribution in [3.63, 3.8) is 0 Å². The Labute approximate surface area is 123 Å². The van der Waals surface area contributed by atoms with Crippen LogP contribution in [0.15, 0.2) is 0 Å². The van der Waals surface area contributed by atoms with Crippen molar-refractivity contribution in [2.75, 3.05) is 11.9 Å². The van der Waals surface area contributed by atoms with Gasteiger partial charge in [0.25, 0.3) is 0 Å². The first-order valence-corrected chi connectivity index (χ1v) is 8.03. The molecule has 110 valence electrons. The molecule has 4 nitrogen and oxygen atoms in total. The number of aromatic nitrogens is 1. The van der Waals surface area contributed by atoms with Crippen molar-refractivity contribution < 1.29 is 9.90 Å². The molecule has 0 bridgehead atoms. The van der Waals surface area contributed by atoms with Crippen LogP contribution in [0.4, 0.5) is 5.13 Å². The van der Waals surface area contributed by atoms with Gasteiger partial charge in [-0.15, -0.1) is 11.3 Å². The third-order valence-electron chi connectivity index (χ3n) is 5.79. The molecule has 1 aromatic heterocycles. The van der Waals surface area contributed by atoms with Gasteiger partial charge in [0, 0.05) is 11.4 Å². The minimum absolute atomic E-state index is 0.365. The molecule has 5 heteroatoms. The van der Waals surface area contributed by atoms with Gasteiger partial charge < -0.3 is 10.4 Å². The van der Waals surface area contributed by atoms with E-state index in [2.05, 4.69) is 38.0 Å². The average Bonchev–Trinajstić information content (AvgIpc) is 2.74. The number of hydrogen-bond acceptors (Lipinski definition) is 4. The predicted octanol–water partition coefficient (Wildman–Crippen LogP) is 3.35. The number of aryl methyl sites for hydroxylation is 1. The lowest BCUT2D eigenvalue weighted by molar-refractivity contribution is -0.138. The molecule has 0 aliphatic heterocycles. The van der Waals surface area contributed by atoms with Crippen LogP contribution >= 0.6 is 11.3 Å². The summed E-state index contributed by atoms with van der Waals surface area (Å²) < 4.78 is 0. The zero-order valence-electron chi connectivity index (χ0n) is 12.5. The molecule has 20 heavy (non-hydrogen) atoms. The normalized spacial score (nSPS) is 26.3. The Morgan fingerprint density at radius 1 is 1.40 bits per heavy atom. The van der Waals surface area contributed by atoms with Crippen molar-refractivity contribution >= 4 is 22.4 Å². The number of nitrogens with one attached hydrogen (secondary N) is 1. The maximum absolute atomic E-state index is 11.2. The smallest absolute Gasteiger partial charge is 0.312 e. The summed E-state index contributed by atoms with van der Waals surface area (Å²) in [5.41, 5.74) is 1.52. The molecule has 1 fully saturated rings. The second-order valence-corrected chi connectivity index (χ2v) is 8.22. The van der Waals surface area contributed by atoms with Crippen LogP contribution in [0.1, 0.15) is 50.6 Å². The van der Waals surface area contributed by atoms with E-state index in [1.165, 1.54) is 0 Å². The molecule has 2 aliphatic rings. The maximum Gasteiger partial charge on any atom is 0.312 e. The summed E-state index contributed by atoms with van der Waals surface area (Å²) >= 11 is 1.63. The number of rotatable bonds is 4. The third-order valence-corrected chi connectivity index (χ3v) is 6.88. The molecular formula is C15H22N2O2S. The van der Waals surface area contributed by atoms with Gasteiger partial charge in [0.1, 0.15) is 5.92 Å². The number of carboxylic acid groups (broad SMARTS) is 1. The van der Waals surface area contributed by atoms with Crippen LogP contribution in [0.3, 0.4) is 0 Å². The molecule has 1 heterocycles. The molecule has 1 aromatic rings. The molecule has 2 aliphatic carbocycles. The summed E-state index contributed by atoms with van der Waals surface area (Å²) in [6, 6.07) is 0. The van der Waals surface area contributed by atoms with Gasteiger partial charge >= 0.3 is 5.97 Å². The summed E-state index contributed by atoms with van der Waals surface area (Å²) in [5.74, 6) is -0.500. The Balaban J connectivity index is 1.67. The Kier molecular flexibility index (Phi) is 2.91. The van der Waals surface area contributed by atoms with E-state index in [1.54, 1.807) is 11.3 Å². The van der Waals surface area contributed by atoms with Gasteiger partial charge in [0.05, 0.1) is 5.69 Å². The largest absolute Gasteiger partial charge is 0.481 e. The molecule has 0 spiro atoms. The van der Waals surface area contributed by atoms with E-state index in [9.17, 15) is 9.90 Å². The van der Waals surface area contributed by atoms with Gasteiger partial charge in [-0.1, -0.05) is 27.7 Å². The van der Waals surface area contributed by atoms with Gasteiger partial charge in [-0.25, -0.2) is 4.98 Å². The van der Waals surface area contributed by atoms with Crippen LogP contribution in [-0.2, 0) is 11.2 Å². The number of carbonyl (C=O) groups is 1. The number of carboxylic acids is 1. The monoisotopic (exact) mass is 294 g/mol. The quantitative estimate of drug-likeness (QED) is 0.894. The second kappa shape index (κ2) is 4.20. The minimum Gasteiger partial charge on any atom is -0.481 e. The van der Waals surface area contributed by atoms with Crippen molar-refractivity contribution in [3.05, 3.63) is 10.6 Å². The summed E-state index contributed by atoms with van der Waals surface area (Å²) in [4.78, 5) is 16.8. The highest BCUT2D eigenvalue weighted by Crippen LogP contribution is 2.68. The summed E-state index contributed by atoms with van der Waals surface area (Å²) in [7, 11) is 0. The molecule has 0 saturated heterocycles. The highest BCUT2D eigenvalue weighted by Gasteiger charge is 2.64. The zero-order valence-corrected chi connectivity index (χ0v) is 13.3. The van der Waals surface area contributed by atoms with Crippen molar-refractivity contribution in [2.24, 2.45) is 16.7 Å². The van der Waals surface area contributed by atoms with Gasteiger partial charge in [-0.3, -0.25) is 4.79 Å². The molecule has 0 aromatic carbocycles. The molecule has 1 atom stereocenters. The number of nitrogens with zero attached hydrogens (tertiary/aromatic N) is 1. The Morgan fingerprint density at radius 2 is 2.05 bits per heavy atom. The molecule has 3 rings (SSSR count). The number of thiazole rings is 1. The van der Waals surface area contributed by atoms with E-state index in [1.807, 2.05) is 0 Å². The molecule has 1 unspecified atom stereocenters. The second-order valence-electron chi connectivity index (χ2n) is 7.13. The van der Waals surface area contributed by atoms with Crippen molar-refractivity contribution in [1.82, 2.24) is 4.98 Å². The van der Waals surface area contributed by atoms with E-state index < -0.39 is 11.9 Å². The maximum atomic E-state index is 11.2. The molecule has 2 N–H and O–H groups in total. The molecule has 1 saturated carbocycles. The van der Waals surface area contributed by atoms with Gasteiger partial charge in [-0.05, 0) is 29.6 Å². The Bertz CT molecular complexity index is 548. The number of fused-ring (bicyclic) bond motifs is 1. The highest BCUT2D eigenvalue weighted by atomic mass is 32.1. The van der Waals surface area contributed by atoms with Gasteiger partial charge in [0.2, 0.25) is 0 Å². The first-order valence-electron chi connectivity index (χ1n) is 7.21. The number of hydrogen-bond donors (Lipinski definition) is 2. The van der Waals surface area contributed by atoms with Crippen LogP contribution in [-0.4, -0.2) is 22.6 Å². The molecule has 0 radical (unpaired) electrons. The lowest BCUT2D eigenvalue weighted by Crippen LogP contribution is -2.10. The van der Waals surface area contributed by atoms with E-state index >= 15 is 0 Å². The Morgan fingerprint density at radius 3 is 2.60 bits per heavy atom. The standard InChI is InChI=1S/C15H22N2O2S/c1-14(2)10(15(14,3)4)7-16-13-17-11-8(12(18)19)5-6-9(11)20-13/h8,10H,5-7H2,1-4H3,(H,16,17)(H,18,19).